The quantitative estimate of drug-likeness (QED) is 0.686. The fourth-order valence-corrected chi connectivity index (χ4v) is 0.974. The predicted molar refractivity (Wildman–Crippen MR) is 43.4 cm³/mol. The van der Waals surface area contributed by atoms with Crippen LogP contribution in [0.3, 0.4) is 0 Å². The Bertz CT molecular complexity index is 240. The summed E-state index contributed by atoms with van der Waals surface area (Å²) in [6, 6.07) is 0. The molecule has 1 heterocycles. The lowest BCUT2D eigenvalue weighted by Gasteiger charge is -2.06. The van der Waals surface area contributed by atoms with Gasteiger partial charge >= 0.3 is 0 Å². The van der Waals surface area contributed by atoms with Gasteiger partial charge in [-0.25, -0.2) is 0 Å². The third kappa shape index (κ3) is 1.80. The summed E-state index contributed by atoms with van der Waals surface area (Å²) in [5.41, 5.74) is 2.30. The minimum atomic E-state index is -0.326. The van der Waals surface area contributed by atoms with Crippen molar-refractivity contribution in [1.29, 1.82) is 0 Å². The van der Waals surface area contributed by atoms with Gasteiger partial charge in [0, 0.05) is 5.69 Å². The molecule has 3 heteroatoms. The number of rotatable bonds is 2. The Morgan fingerprint density at radius 2 is 2.27 bits per heavy atom. The first-order valence-corrected chi connectivity index (χ1v) is 3.78. The standard InChI is InChI=1S/C8H14N2O/c1-6-4-9-10(8(6)3)5-7(2)11/h4,7,11H,5H2,1-3H3/t7-/m1/s1. The molecule has 0 saturated heterocycles. The van der Waals surface area contributed by atoms with Crippen LogP contribution in [0.1, 0.15) is 18.2 Å². The first-order chi connectivity index (χ1) is 5.11. The number of hydrogen-bond donors (Lipinski definition) is 1. The molecule has 1 N–H and O–H groups in total. The van der Waals surface area contributed by atoms with Crippen LogP contribution < -0.4 is 0 Å². The van der Waals surface area contributed by atoms with Crippen LogP contribution in [0, 0.1) is 13.8 Å². The van der Waals surface area contributed by atoms with Gasteiger partial charge in [-0.15, -0.1) is 0 Å². The molecule has 1 rings (SSSR count). The molecule has 11 heavy (non-hydrogen) atoms. The van der Waals surface area contributed by atoms with E-state index in [1.807, 2.05) is 24.7 Å². The summed E-state index contributed by atoms with van der Waals surface area (Å²) in [5, 5.41) is 13.2. The number of aryl methyl sites for hydroxylation is 1. The van der Waals surface area contributed by atoms with Gasteiger partial charge < -0.3 is 5.11 Å². The van der Waals surface area contributed by atoms with Crippen molar-refractivity contribution in [3.63, 3.8) is 0 Å². The molecule has 0 bridgehead atoms. The summed E-state index contributed by atoms with van der Waals surface area (Å²) in [5.74, 6) is 0. The molecule has 1 atom stereocenters. The Balaban J connectivity index is 2.79. The van der Waals surface area contributed by atoms with Crippen LogP contribution >= 0.6 is 0 Å². The number of aliphatic hydroxyl groups excluding tert-OH is 1. The van der Waals surface area contributed by atoms with Crippen LogP contribution in [0.4, 0.5) is 0 Å². The predicted octanol–water partition coefficient (Wildman–Crippen LogP) is 0.881. The van der Waals surface area contributed by atoms with E-state index in [2.05, 4.69) is 5.10 Å². The molecule has 0 aromatic carbocycles. The van der Waals surface area contributed by atoms with Crippen LogP contribution in [0.2, 0.25) is 0 Å². The van der Waals surface area contributed by atoms with Gasteiger partial charge in [-0.1, -0.05) is 0 Å². The van der Waals surface area contributed by atoms with Crippen molar-refractivity contribution in [3.8, 4) is 0 Å². The van der Waals surface area contributed by atoms with E-state index < -0.39 is 0 Å². The molecule has 0 unspecified atom stereocenters. The van der Waals surface area contributed by atoms with Crippen molar-refractivity contribution >= 4 is 0 Å². The van der Waals surface area contributed by atoms with Crippen molar-refractivity contribution in [2.75, 3.05) is 0 Å². The third-order valence-corrected chi connectivity index (χ3v) is 1.79. The van der Waals surface area contributed by atoms with Gasteiger partial charge in [-0.2, -0.15) is 5.10 Å². The monoisotopic (exact) mass is 154 g/mol. The van der Waals surface area contributed by atoms with E-state index in [1.165, 1.54) is 5.56 Å². The van der Waals surface area contributed by atoms with E-state index in [0.717, 1.165) is 5.69 Å². The van der Waals surface area contributed by atoms with Gasteiger partial charge in [0.1, 0.15) is 0 Å². The van der Waals surface area contributed by atoms with E-state index in [4.69, 9.17) is 5.11 Å². The van der Waals surface area contributed by atoms with Crippen molar-refractivity contribution < 1.29 is 5.11 Å². The Morgan fingerprint density at radius 1 is 1.64 bits per heavy atom. The molecule has 0 radical (unpaired) electrons. The second-order valence-corrected chi connectivity index (χ2v) is 2.94. The number of aliphatic hydroxyl groups is 1. The molecule has 1 aromatic rings. The van der Waals surface area contributed by atoms with Crippen LogP contribution in [-0.4, -0.2) is 21.0 Å². The zero-order chi connectivity index (χ0) is 8.43. The smallest absolute Gasteiger partial charge is 0.0708 e. The van der Waals surface area contributed by atoms with Gasteiger partial charge in [0.25, 0.3) is 0 Å². The highest BCUT2D eigenvalue weighted by Gasteiger charge is 2.03. The number of aromatic nitrogens is 2. The number of hydrogen-bond acceptors (Lipinski definition) is 2. The molecule has 0 aliphatic rings. The average molecular weight is 154 g/mol. The SMILES string of the molecule is Cc1cnn(C[C@@H](C)O)c1C. The average Bonchev–Trinajstić information content (AvgIpc) is 2.18. The minimum absolute atomic E-state index is 0.326. The Kier molecular flexibility index (Phi) is 2.29. The highest BCUT2D eigenvalue weighted by molar-refractivity contribution is 5.13. The van der Waals surface area contributed by atoms with Crippen LogP contribution in [0.25, 0.3) is 0 Å². The van der Waals surface area contributed by atoms with Crippen LogP contribution in [0.5, 0.6) is 0 Å². The first-order valence-electron chi connectivity index (χ1n) is 3.78. The molecular formula is C8H14N2O. The second kappa shape index (κ2) is 3.05. The zero-order valence-corrected chi connectivity index (χ0v) is 7.20. The Labute approximate surface area is 66.7 Å². The molecule has 1 aromatic heterocycles. The largest absolute Gasteiger partial charge is 0.391 e. The van der Waals surface area contributed by atoms with Crippen molar-refractivity contribution in [3.05, 3.63) is 17.5 Å². The summed E-state index contributed by atoms with van der Waals surface area (Å²) in [4.78, 5) is 0. The maximum atomic E-state index is 9.08. The Morgan fingerprint density at radius 3 is 2.64 bits per heavy atom. The highest BCUT2D eigenvalue weighted by atomic mass is 16.3. The van der Waals surface area contributed by atoms with Gasteiger partial charge in [-0.3, -0.25) is 4.68 Å². The summed E-state index contributed by atoms with van der Waals surface area (Å²) in [6.45, 7) is 6.36. The third-order valence-electron chi connectivity index (χ3n) is 1.79. The highest BCUT2D eigenvalue weighted by Crippen LogP contribution is 2.04. The molecule has 0 fully saturated rings. The van der Waals surface area contributed by atoms with Crippen molar-refractivity contribution in [2.45, 2.75) is 33.4 Å². The van der Waals surface area contributed by atoms with E-state index in [1.54, 1.807) is 6.92 Å². The molecule has 0 aliphatic heterocycles. The molecule has 62 valence electrons. The summed E-state index contributed by atoms with van der Waals surface area (Å²) in [6.07, 6.45) is 1.49. The maximum Gasteiger partial charge on any atom is 0.0708 e. The first kappa shape index (κ1) is 8.27. The second-order valence-electron chi connectivity index (χ2n) is 2.94. The van der Waals surface area contributed by atoms with E-state index in [9.17, 15) is 0 Å². The minimum Gasteiger partial charge on any atom is -0.391 e. The van der Waals surface area contributed by atoms with Crippen molar-refractivity contribution in [2.24, 2.45) is 0 Å². The van der Waals surface area contributed by atoms with Gasteiger partial charge in [0.2, 0.25) is 0 Å². The normalized spacial score (nSPS) is 13.5. The summed E-state index contributed by atoms with van der Waals surface area (Å²) in [7, 11) is 0. The molecule has 0 spiro atoms. The summed E-state index contributed by atoms with van der Waals surface area (Å²) < 4.78 is 1.82. The lowest BCUT2D eigenvalue weighted by molar-refractivity contribution is 0.167. The molecular weight excluding hydrogens is 140 g/mol. The van der Waals surface area contributed by atoms with Crippen LogP contribution in [-0.2, 0) is 6.54 Å². The zero-order valence-electron chi connectivity index (χ0n) is 7.20. The van der Waals surface area contributed by atoms with Gasteiger partial charge in [0.05, 0.1) is 18.8 Å². The van der Waals surface area contributed by atoms with Crippen LogP contribution in [0.15, 0.2) is 6.20 Å². The molecule has 3 nitrogen and oxygen atoms in total. The lowest BCUT2D eigenvalue weighted by Crippen LogP contribution is -2.13. The van der Waals surface area contributed by atoms with Gasteiger partial charge in [0.15, 0.2) is 0 Å². The fraction of sp³-hybridized carbons (Fsp3) is 0.625. The summed E-state index contributed by atoms with van der Waals surface area (Å²) >= 11 is 0. The van der Waals surface area contributed by atoms with E-state index in [-0.39, 0.29) is 6.10 Å². The Hall–Kier alpha value is -0.830. The maximum absolute atomic E-state index is 9.08. The molecule has 0 amide bonds. The molecule has 0 aliphatic carbocycles. The number of nitrogens with zero attached hydrogens (tertiary/aromatic N) is 2. The topological polar surface area (TPSA) is 38.0 Å². The fourth-order valence-electron chi connectivity index (χ4n) is 0.974. The van der Waals surface area contributed by atoms with Gasteiger partial charge in [-0.05, 0) is 26.3 Å². The van der Waals surface area contributed by atoms with E-state index >= 15 is 0 Å². The van der Waals surface area contributed by atoms with E-state index in [0.29, 0.717) is 6.54 Å². The van der Waals surface area contributed by atoms with Crippen molar-refractivity contribution in [1.82, 2.24) is 9.78 Å². The molecule has 0 saturated carbocycles. The lowest BCUT2D eigenvalue weighted by atomic mass is 10.3.